The lowest BCUT2D eigenvalue weighted by Gasteiger charge is -2.15. The second-order valence-electron chi connectivity index (χ2n) is 4.25. The van der Waals surface area contributed by atoms with E-state index in [1.54, 1.807) is 12.1 Å². The lowest BCUT2D eigenvalue weighted by Crippen LogP contribution is -2.19. The quantitative estimate of drug-likeness (QED) is 0.866. The molecule has 0 spiro atoms. The van der Waals surface area contributed by atoms with Crippen LogP contribution in [0.1, 0.15) is 24.1 Å². The van der Waals surface area contributed by atoms with Gasteiger partial charge in [0, 0.05) is 23.2 Å². The summed E-state index contributed by atoms with van der Waals surface area (Å²) in [6, 6.07) is 14.4. The Kier molecular flexibility index (Phi) is 4.34. The van der Waals surface area contributed by atoms with Crippen LogP contribution in [0.15, 0.2) is 48.5 Å². The van der Waals surface area contributed by atoms with Crippen LogP contribution in [0.2, 0.25) is 5.02 Å². The van der Waals surface area contributed by atoms with E-state index in [9.17, 15) is 4.39 Å². The largest absolute Gasteiger partial charge is 0.306 e. The number of hydrogen-bond acceptors (Lipinski definition) is 1. The van der Waals surface area contributed by atoms with Crippen LogP contribution in [-0.4, -0.2) is 0 Å². The zero-order valence-electron chi connectivity index (χ0n) is 10.2. The number of rotatable bonds is 4. The minimum absolute atomic E-state index is 0.0369. The summed E-state index contributed by atoms with van der Waals surface area (Å²) in [5, 5.41) is 4.00. The molecule has 0 heterocycles. The first-order valence-corrected chi connectivity index (χ1v) is 6.27. The molecule has 94 valence electrons. The van der Waals surface area contributed by atoms with Gasteiger partial charge in [-0.05, 0) is 30.7 Å². The molecule has 0 unspecified atom stereocenters. The summed E-state index contributed by atoms with van der Waals surface area (Å²) in [7, 11) is 0. The molecule has 0 saturated heterocycles. The van der Waals surface area contributed by atoms with Crippen LogP contribution < -0.4 is 5.32 Å². The van der Waals surface area contributed by atoms with E-state index in [1.165, 1.54) is 6.07 Å². The second-order valence-corrected chi connectivity index (χ2v) is 4.69. The van der Waals surface area contributed by atoms with Gasteiger partial charge in [-0.15, -0.1) is 0 Å². The van der Waals surface area contributed by atoms with Gasteiger partial charge in [0.2, 0.25) is 0 Å². The molecule has 1 nitrogen and oxygen atoms in total. The van der Waals surface area contributed by atoms with Crippen LogP contribution in [0.4, 0.5) is 4.39 Å². The van der Waals surface area contributed by atoms with Crippen LogP contribution in [0.25, 0.3) is 0 Å². The average Bonchev–Trinajstić information content (AvgIpc) is 2.37. The highest BCUT2D eigenvalue weighted by Crippen LogP contribution is 2.17. The van der Waals surface area contributed by atoms with E-state index in [4.69, 9.17) is 11.6 Å². The minimum Gasteiger partial charge on any atom is -0.306 e. The predicted molar refractivity (Wildman–Crippen MR) is 73.1 cm³/mol. The molecule has 0 amide bonds. The Hall–Kier alpha value is -1.38. The molecule has 2 aromatic carbocycles. The Morgan fingerprint density at radius 2 is 1.94 bits per heavy atom. The van der Waals surface area contributed by atoms with Gasteiger partial charge < -0.3 is 5.32 Å². The van der Waals surface area contributed by atoms with Crippen LogP contribution >= 0.6 is 11.6 Å². The molecule has 2 rings (SSSR count). The van der Waals surface area contributed by atoms with E-state index < -0.39 is 0 Å². The van der Waals surface area contributed by atoms with Crippen LogP contribution in [0, 0.1) is 5.82 Å². The van der Waals surface area contributed by atoms with Gasteiger partial charge in [0.1, 0.15) is 5.82 Å². The van der Waals surface area contributed by atoms with Crippen molar-refractivity contribution in [3.8, 4) is 0 Å². The Balaban J connectivity index is 2.00. The van der Waals surface area contributed by atoms with Crippen molar-refractivity contribution in [1.82, 2.24) is 5.32 Å². The van der Waals surface area contributed by atoms with Gasteiger partial charge in [-0.1, -0.05) is 41.9 Å². The minimum atomic E-state index is -0.177. The average molecular weight is 264 g/mol. The molecule has 0 aliphatic rings. The molecule has 0 aliphatic carbocycles. The molecular weight excluding hydrogens is 249 g/mol. The maximum Gasteiger partial charge on any atom is 0.127 e. The number of halogens is 2. The second kappa shape index (κ2) is 5.98. The molecule has 0 bridgehead atoms. The first-order chi connectivity index (χ1) is 8.66. The van der Waals surface area contributed by atoms with Crippen LogP contribution in [0.5, 0.6) is 0 Å². The normalized spacial score (nSPS) is 12.4. The van der Waals surface area contributed by atoms with Crippen molar-refractivity contribution in [2.45, 2.75) is 19.5 Å². The highest BCUT2D eigenvalue weighted by Gasteiger charge is 2.09. The van der Waals surface area contributed by atoms with Gasteiger partial charge in [-0.3, -0.25) is 0 Å². The van der Waals surface area contributed by atoms with E-state index in [1.807, 2.05) is 37.3 Å². The maximum atomic E-state index is 13.6. The molecule has 18 heavy (non-hydrogen) atoms. The van der Waals surface area contributed by atoms with Gasteiger partial charge in [-0.2, -0.15) is 0 Å². The molecule has 1 N–H and O–H groups in total. The fourth-order valence-corrected chi connectivity index (χ4v) is 2.07. The van der Waals surface area contributed by atoms with Crippen LogP contribution in [-0.2, 0) is 6.54 Å². The lowest BCUT2D eigenvalue weighted by atomic mass is 10.1. The monoisotopic (exact) mass is 263 g/mol. The van der Waals surface area contributed by atoms with E-state index in [-0.39, 0.29) is 11.9 Å². The van der Waals surface area contributed by atoms with Crippen molar-refractivity contribution < 1.29 is 4.39 Å². The van der Waals surface area contributed by atoms with Crippen molar-refractivity contribution in [3.63, 3.8) is 0 Å². The number of benzene rings is 2. The summed E-state index contributed by atoms with van der Waals surface area (Å²) >= 11 is 5.91. The molecule has 0 fully saturated rings. The summed E-state index contributed by atoms with van der Waals surface area (Å²) in [5.74, 6) is -0.177. The molecule has 1 atom stereocenters. The van der Waals surface area contributed by atoms with E-state index >= 15 is 0 Å². The third-order valence-electron chi connectivity index (χ3n) is 2.87. The Morgan fingerprint density at radius 3 is 2.67 bits per heavy atom. The Labute approximate surface area is 112 Å². The molecule has 0 aromatic heterocycles. The third-order valence-corrected chi connectivity index (χ3v) is 3.11. The van der Waals surface area contributed by atoms with Gasteiger partial charge in [0.25, 0.3) is 0 Å². The molecule has 3 heteroatoms. The van der Waals surface area contributed by atoms with E-state index in [2.05, 4.69) is 5.32 Å². The molecular formula is C15H15ClFN. The lowest BCUT2D eigenvalue weighted by molar-refractivity contribution is 0.528. The number of nitrogens with one attached hydrogen (secondary N) is 1. The first-order valence-electron chi connectivity index (χ1n) is 5.89. The summed E-state index contributed by atoms with van der Waals surface area (Å²) in [4.78, 5) is 0. The SMILES string of the molecule is C[C@@H](NCc1cccc(Cl)c1)c1ccccc1F. The fraction of sp³-hybridized carbons (Fsp3) is 0.200. The van der Waals surface area contributed by atoms with Gasteiger partial charge in [0.15, 0.2) is 0 Å². The smallest absolute Gasteiger partial charge is 0.127 e. The van der Waals surface area contributed by atoms with E-state index in [0.717, 1.165) is 5.56 Å². The summed E-state index contributed by atoms with van der Waals surface area (Å²) in [6.07, 6.45) is 0. The van der Waals surface area contributed by atoms with Gasteiger partial charge in [0.05, 0.1) is 0 Å². The molecule has 0 radical (unpaired) electrons. The summed E-state index contributed by atoms with van der Waals surface area (Å²) in [5.41, 5.74) is 1.77. The van der Waals surface area contributed by atoms with Crippen molar-refractivity contribution in [3.05, 3.63) is 70.5 Å². The summed E-state index contributed by atoms with van der Waals surface area (Å²) in [6.45, 7) is 2.61. The zero-order chi connectivity index (χ0) is 13.0. The standard InChI is InChI=1S/C15H15ClFN/c1-11(14-7-2-3-8-15(14)17)18-10-12-5-4-6-13(16)9-12/h2-9,11,18H,10H2,1H3/t11-/m1/s1. The maximum absolute atomic E-state index is 13.6. The van der Waals surface area contributed by atoms with Crippen molar-refractivity contribution in [2.75, 3.05) is 0 Å². The predicted octanol–water partition coefficient (Wildman–Crippen LogP) is 4.33. The highest BCUT2D eigenvalue weighted by atomic mass is 35.5. The van der Waals surface area contributed by atoms with E-state index in [0.29, 0.717) is 17.1 Å². The zero-order valence-corrected chi connectivity index (χ0v) is 10.9. The Bertz CT molecular complexity index is 527. The molecule has 0 aliphatic heterocycles. The topological polar surface area (TPSA) is 12.0 Å². The Morgan fingerprint density at radius 1 is 1.17 bits per heavy atom. The van der Waals surface area contributed by atoms with Gasteiger partial charge >= 0.3 is 0 Å². The summed E-state index contributed by atoms with van der Waals surface area (Å²) < 4.78 is 13.6. The van der Waals surface area contributed by atoms with Crippen LogP contribution in [0.3, 0.4) is 0 Å². The van der Waals surface area contributed by atoms with Crippen molar-refractivity contribution in [2.24, 2.45) is 0 Å². The third kappa shape index (κ3) is 3.31. The number of hydrogen-bond donors (Lipinski definition) is 1. The van der Waals surface area contributed by atoms with Crippen molar-refractivity contribution in [1.29, 1.82) is 0 Å². The van der Waals surface area contributed by atoms with Crippen molar-refractivity contribution >= 4 is 11.6 Å². The first kappa shape index (κ1) is 13.1. The molecule has 2 aromatic rings. The van der Waals surface area contributed by atoms with Gasteiger partial charge in [-0.25, -0.2) is 4.39 Å². The molecule has 0 saturated carbocycles. The fourth-order valence-electron chi connectivity index (χ4n) is 1.85. The highest BCUT2D eigenvalue weighted by molar-refractivity contribution is 6.30.